The molecule has 1 N–H and O–H groups in total. The minimum absolute atomic E-state index is 0.110. The number of para-hydroxylation sites is 1. The fourth-order valence-electron chi connectivity index (χ4n) is 3.37. The molecule has 0 radical (unpaired) electrons. The Bertz CT molecular complexity index is 796. The first-order chi connectivity index (χ1) is 12.2. The van der Waals surface area contributed by atoms with Gasteiger partial charge in [-0.15, -0.1) is 0 Å². The minimum Gasteiger partial charge on any atom is -0.395 e. The van der Waals surface area contributed by atoms with E-state index in [9.17, 15) is 5.11 Å². The first kappa shape index (κ1) is 17.6. The van der Waals surface area contributed by atoms with E-state index in [1.807, 2.05) is 18.3 Å². The summed E-state index contributed by atoms with van der Waals surface area (Å²) >= 11 is 0. The van der Waals surface area contributed by atoms with E-state index in [0.717, 1.165) is 24.0 Å². The maximum atomic E-state index is 9.98. The maximum absolute atomic E-state index is 9.98. The van der Waals surface area contributed by atoms with Gasteiger partial charge in [-0.25, -0.2) is 0 Å². The van der Waals surface area contributed by atoms with E-state index in [1.165, 1.54) is 11.1 Å². The molecule has 0 fully saturated rings. The summed E-state index contributed by atoms with van der Waals surface area (Å²) in [5, 5.41) is 11.1. The number of hydrogen-bond acceptors (Lipinski definition) is 3. The van der Waals surface area contributed by atoms with Gasteiger partial charge in [0.05, 0.1) is 12.1 Å². The molecule has 0 aliphatic carbocycles. The molecule has 130 valence electrons. The van der Waals surface area contributed by atoms with Crippen molar-refractivity contribution >= 4 is 10.9 Å². The molecule has 1 unspecified atom stereocenters. The van der Waals surface area contributed by atoms with Gasteiger partial charge >= 0.3 is 0 Å². The molecule has 0 saturated carbocycles. The second-order valence-electron chi connectivity index (χ2n) is 6.88. The van der Waals surface area contributed by atoms with Crippen molar-refractivity contribution in [1.82, 2.24) is 9.88 Å². The smallest absolute Gasteiger partial charge is 0.0746 e. The largest absolute Gasteiger partial charge is 0.395 e. The highest BCUT2D eigenvalue weighted by molar-refractivity contribution is 5.81. The molecule has 0 bridgehead atoms. The molecule has 0 spiro atoms. The lowest BCUT2D eigenvalue weighted by atomic mass is 10.0. The zero-order valence-corrected chi connectivity index (χ0v) is 15.0. The standard InChI is InChI=1S/C22H26N2O/c1-17(2)21(16-25)24(14-18-8-4-3-5-9-18)15-20-11-6-10-19-12-7-13-23-22(19)20/h3-13,17,21,25H,14-16H2,1-2H3. The van der Waals surface area contributed by atoms with Crippen LogP contribution >= 0.6 is 0 Å². The zero-order valence-electron chi connectivity index (χ0n) is 15.0. The second kappa shape index (κ2) is 8.24. The Balaban J connectivity index is 1.93. The third-order valence-corrected chi connectivity index (χ3v) is 4.74. The molecule has 0 aliphatic heterocycles. The second-order valence-corrected chi connectivity index (χ2v) is 6.88. The molecule has 2 aromatic carbocycles. The van der Waals surface area contributed by atoms with E-state index in [2.05, 4.69) is 72.3 Å². The van der Waals surface area contributed by atoms with Gasteiger partial charge in [-0.3, -0.25) is 9.88 Å². The van der Waals surface area contributed by atoms with Gasteiger partial charge in [-0.1, -0.05) is 68.4 Å². The molecule has 1 atom stereocenters. The van der Waals surface area contributed by atoms with Gasteiger partial charge in [0.15, 0.2) is 0 Å². The van der Waals surface area contributed by atoms with Crippen molar-refractivity contribution in [3.63, 3.8) is 0 Å². The van der Waals surface area contributed by atoms with Crippen molar-refractivity contribution in [1.29, 1.82) is 0 Å². The highest BCUT2D eigenvalue weighted by atomic mass is 16.3. The molecule has 0 aliphatic rings. The van der Waals surface area contributed by atoms with Gasteiger partial charge in [0, 0.05) is 30.7 Å². The molecular formula is C22H26N2O. The number of aliphatic hydroxyl groups excluding tert-OH is 1. The van der Waals surface area contributed by atoms with Crippen LogP contribution in [0.5, 0.6) is 0 Å². The Morgan fingerprint density at radius 1 is 0.920 bits per heavy atom. The molecule has 1 aromatic heterocycles. The summed E-state index contributed by atoms with van der Waals surface area (Å²) < 4.78 is 0. The summed E-state index contributed by atoms with van der Waals surface area (Å²) in [6.45, 7) is 6.07. The van der Waals surface area contributed by atoms with Gasteiger partial charge < -0.3 is 5.11 Å². The fraction of sp³-hybridized carbons (Fsp3) is 0.318. The van der Waals surface area contributed by atoms with Gasteiger partial charge in [0.25, 0.3) is 0 Å². The van der Waals surface area contributed by atoms with Crippen LogP contribution in [0.15, 0.2) is 66.9 Å². The quantitative estimate of drug-likeness (QED) is 0.701. The number of hydrogen-bond donors (Lipinski definition) is 1. The molecule has 0 amide bonds. The topological polar surface area (TPSA) is 36.4 Å². The molecular weight excluding hydrogens is 308 g/mol. The summed E-state index contributed by atoms with van der Waals surface area (Å²) in [6, 6.07) is 21.0. The van der Waals surface area contributed by atoms with Crippen LogP contribution in [0.1, 0.15) is 25.0 Å². The van der Waals surface area contributed by atoms with Crippen LogP contribution in [0.3, 0.4) is 0 Å². The number of aromatic nitrogens is 1. The highest BCUT2D eigenvalue weighted by Crippen LogP contribution is 2.22. The van der Waals surface area contributed by atoms with E-state index in [1.54, 1.807) is 0 Å². The van der Waals surface area contributed by atoms with E-state index >= 15 is 0 Å². The summed E-state index contributed by atoms with van der Waals surface area (Å²) in [5.74, 6) is 0.372. The normalized spacial score (nSPS) is 12.8. The van der Waals surface area contributed by atoms with Crippen molar-refractivity contribution in [2.45, 2.75) is 33.0 Å². The van der Waals surface area contributed by atoms with Crippen LogP contribution in [-0.4, -0.2) is 27.6 Å². The molecule has 3 heteroatoms. The van der Waals surface area contributed by atoms with E-state index < -0.39 is 0 Å². The molecule has 25 heavy (non-hydrogen) atoms. The van der Waals surface area contributed by atoms with Crippen LogP contribution in [0.25, 0.3) is 10.9 Å². The summed E-state index contributed by atoms with van der Waals surface area (Å²) in [5.41, 5.74) is 3.51. The highest BCUT2D eigenvalue weighted by Gasteiger charge is 2.22. The minimum atomic E-state index is 0.110. The summed E-state index contributed by atoms with van der Waals surface area (Å²) in [6.07, 6.45) is 1.85. The van der Waals surface area contributed by atoms with Crippen molar-refractivity contribution in [3.8, 4) is 0 Å². The van der Waals surface area contributed by atoms with Gasteiger partial charge in [-0.2, -0.15) is 0 Å². The lowest BCUT2D eigenvalue weighted by molar-refractivity contribution is 0.0787. The van der Waals surface area contributed by atoms with E-state index in [0.29, 0.717) is 5.92 Å². The van der Waals surface area contributed by atoms with Crippen LogP contribution in [0.4, 0.5) is 0 Å². The van der Waals surface area contributed by atoms with Crippen molar-refractivity contribution in [3.05, 3.63) is 78.0 Å². The van der Waals surface area contributed by atoms with Gasteiger partial charge in [-0.05, 0) is 23.1 Å². The average Bonchev–Trinajstić information content (AvgIpc) is 2.63. The predicted molar refractivity (Wildman–Crippen MR) is 103 cm³/mol. The Kier molecular flexibility index (Phi) is 5.79. The van der Waals surface area contributed by atoms with E-state index in [-0.39, 0.29) is 12.6 Å². The third kappa shape index (κ3) is 4.25. The van der Waals surface area contributed by atoms with E-state index in [4.69, 9.17) is 0 Å². The van der Waals surface area contributed by atoms with Crippen LogP contribution in [0.2, 0.25) is 0 Å². The van der Waals surface area contributed by atoms with Crippen LogP contribution in [-0.2, 0) is 13.1 Å². The average molecular weight is 334 g/mol. The molecule has 0 saturated heterocycles. The number of nitrogens with zero attached hydrogens (tertiary/aromatic N) is 2. The first-order valence-electron chi connectivity index (χ1n) is 8.90. The third-order valence-electron chi connectivity index (χ3n) is 4.74. The Hall–Kier alpha value is -2.23. The summed E-state index contributed by atoms with van der Waals surface area (Å²) in [4.78, 5) is 6.95. The van der Waals surface area contributed by atoms with Crippen molar-refractivity contribution in [2.24, 2.45) is 5.92 Å². The number of aliphatic hydroxyl groups is 1. The first-order valence-corrected chi connectivity index (χ1v) is 8.90. The lowest BCUT2D eigenvalue weighted by Crippen LogP contribution is -2.40. The Labute approximate surface area is 149 Å². The van der Waals surface area contributed by atoms with Crippen molar-refractivity contribution in [2.75, 3.05) is 6.61 Å². The van der Waals surface area contributed by atoms with Crippen LogP contribution in [0, 0.1) is 5.92 Å². The number of pyridine rings is 1. The number of rotatable bonds is 7. The molecule has 3 nitrogen and oxygen atoms in total. The number of benzene rings is 2. The van der Waals surface area contributed by atoms with Gasteiger partial charge in [0.2, 0.25) is 0 Å². The predicted octanol–water partition coefficient (Wildman–Crippen LogP) is 4.25. The SMILES string of the molecule is CC(C)C(CO)N(Cc1ccccc1)Cc1cccc2cccnc12. The van der Waals surface area contributed by atoms with Crippen molar-refractivity contribution < 1.29 is 5.11 Å². The summed E-state index contributed by atoms with van der Waals surface area (Å²) in [7, 11) is 0. The lowest BCUT2D eigenvalue weighted by Gasteiger charge is -2.33. The fourth-order valence-corrected chi connectivity index (χ4v) is 3.37. The molecule has 3 aromatic rings. The van der Waals surface area contributed by atoms with Gasteiger partial charge in [0.1, 0.15) is 0 Å². The Morgan fingerprint density at radius 2 is 1.68 bits per heavy atom. The Morgan fingerprint density at radius 3 is 2.40 bits per heavy atom. The number of fused-ring (bicyclic) bond motifs is 1. The molecule has 3 rings (SSSR count). The monoisotopic (exact) mass is 334 g/mol. The zero-order chi connectivity index (χ0) is 17.6. The van der Waals surface area contributed by atoms with Crippen LogP contribution < -0.4 is 0 Å². The maximum Gasteiger partial charge on any atom is 0.0746 e. The molecule has 1 heterocycles.